The molecule has 2 rings (SSSR count). The lowest BCUT2D eigenvalue weighted by Gasteiger charge is -2.24. The molecule has 0 heterocycles. The van der Waals surface area contributed by atoms with Gasteiger partial charge in [0, 0.05) is 23.5 Å². The Bertz CT molecular complexity index is 279. The Morgan fingerprint density at radius 2 is 2.12 bits per heavy atom. The summed E-state index contributed by atoms with van der Waals surface area (Å²) in [5, 5.41) is 13.2. The molecule has 2 saturated carbocycles. The van der Waals surface area contributed by atoms with Gasteiger partial charge in [-0.3, -0.25) is 0 Å². The minimum Gasteiger partial charge on any atom is -0.411 e. The van der Waals surface area contributed by atoms with Crippen LogP contribution in [0, 0.1) is 11.8 Å². The second kappa shape index (κ2) is 6.10. The molecule has 17 heavy (non-hydrogen) atoms. The van der Waals surface area contributed by atoms with Crippen molar-refractivity contribution in [3.8, 4) is 0 Å². The average molecular weight is 256 g/mol. The summed E-state index contributed by atoms with van der Waals surface area (Å²) in [5.41, 5.74) is 1.09. The second-order valence-corrected chi connectivity index (χ2v) is 6.36. The highest BCUT2D eigenvalue weighted by Gasteiger charge is 2.45. The maximum Gasteiger partial charge on any atom is 0.0734 e. The summed E-state index contributed by atoms with van der Waals surface area (Å²) < 4.78 is 0. The van der Waals surface area contributed by atoms with Gasteiger partial charge in [-0.2, -0.15) is 11.8 Å². The molecule has 3 atom stereocenters. The summed E-state index contributed by atoms with van der Waals surface area (Å²) in [4.78, 5) is 2.45. The molecule has 1 N–H and O–H groups in total. The highest BCUT2D eigenvalue weighted by Crippen LogP contribution is 2.47. The van der Waals surface area contributed by atoms with Crippen LogP contribution in [0.2, 0.25) is 0 Å². The molecule has 0 aliphatic heterocycles. The predicted molar refractivity (Wildman–Crippen MR) is 74.1 cm³/mol. The monoisotopic (exact) mass is 256 g/mol. The first-order valence-corrected chi connectivity index (χ1v) is 7.90. The Morgan fingerprint density at radius 1 is 1.35 bits per heavy atom. The Kier molecular flexibility index (Phi) is 4.74. The van der Waals surface area contributed by atoms with Crippen molar-refractivity contribution in [3.63, 3.8) is 0 Å². The van der Waals surface area contributed by atoms with Gasteiger partial charge in [-0.05, 0) is 38.3 Å². The molecular weight excluding hydrogens is 232 g/mol. The van der Waals surface area contributed by atoms with Crippen LogP contribution < -0.4 is 0 Å². The van der Waals surface area contributed by atoms with Crippen molar-refractivity contribution < 1.29 is 5.21 Å². The van der Waals surface area contributed by atoms with E-state index in [0.29, 0.717) is 11.2 Å². The van der Waals surface area contributed by atoms with Crippen LogP contribution in [0.1, 0.15) is 33.1 Å². The van der Waals surface area contributed by atoms with E-state index in [0.717, 1.165) is 37.0 Å². The van der Waals surface area contributed by atoms with Crippen LogP contribution in [0.15, 0.2) is 5.16 Å². The zero-order valence-electron chi connectivity index (χ0n) is 10.9. The number of nitrogens with zero attached hydrogens (tertiary/aromatic N) is 2. The molecule has 3 nitrogen and oxygen atoms in total. The summed E-state index contributed by atoms with van der Waals surface area (Å²) in [5.74, 6) is 2.54. The van der Waals surface area contributed by atoms with Crippen LogP contribution in [-0.2, 0) is 0 Å². The summed E-state index contributed by atoms with van der Waals surface area (Å²) >= 11 is 2.01. The van der Waals surface area contributed by atoms with Gasteiger partial charge in [0.2, 0.25) is 0 Å². The van der Waals surface area contributed by atoms with Crippen LogP contribution >= 0.6 is 11.8 Å². The fourth-order valence-electron chi connectivity index (χ4n) is 3.24. The van der Waals surface area contributed by atoms with Gasteiger partial charge in [0.1, 0.15) is 0 Å². The molecule has 2 aliphatic carbocycles. The molecule has 0 spiro atoms. The first kappa shape index (κ1) is 13.2. The molecule has 0 aromatic carbocycles. The number of rotatable bonds is 6. The number of fused-ring (bicyclic) bond motifs is 2. The number of hydrogen-bond acceptors (Lipinski definition) is 4. The molecule has 0 saturated heterocycles. The van der Waals surface area contributed by atoms with Gasteiger partial charge in [-0.25, -0.2) is 0 Å². The Morgan fingerprint density at radius 3 is 2.76 bits per heavy atom. The van der Waals surface area contributed by atoms with Crippen molar-refractivity contribution in [1.82, 2.24) is 4.90 Å². The minimum absolute atomic E-state index is 0.509. The molecule has 0 aromatic heterocycles. The highest BCUT2D eigenvalue weighted by molar-refractivity contribution is 8.00. The van der Waals surface area contributed by atoms with Crippen LogP contribution in [-0.4, -0.2) is 46.5 Å². The Balaban J connectivity index is 1.79. The molecule has 2 aliphatic rings. The fourth-order valence-corrected chi connectivity index (χ4v) is 4.79. The SMILES string of the molecule is CCN(CC)CCS[C@@H]1/C(=N/O)[C@H]2CC[C@H]1C2. The zero-order chi connectivity index (χ0) is 12.3. The van der Waals surface area contributed by atoms with Gasteiger partial charge in [-0.15, -0.1) is 0 Å². The smallest absolute Gasteiger partial charge is 0.0734 e. The maximum atomic E-state index is 9.12. The van der Waals surface area contributed by atoms with Gasteiger partial charge >= 0.3 is 0 Å². The molecular formula is C13H24N2OS. The topological polar surface area (TPSA) is 35.8 Å². The van der Waals surface area contributed by atoms with Gasteiger partial charge in [0.05, 0.1) is 5.71 Å². The van der Waals surface area contributed by atoms with Crippen LogP contribution in [0.4, 0.5) is 0 Å². The van der Waals surface area contributed by atoms with Crippen LogP contribution in [0.25, 0.3) is 0 Å². The van der Waals surface area contributed by atoms with E-state index in [-0.39, 0.29) is 0 Å². The maximum absolute atomic E-state index is 9.12. The van der Waals surface area contributed by atoms with Gasteiger partial charge in [0.15, 0.2) is 0 Å². The summed E-state index contributed by atoms with van der Waals surface area (Å²) in [6.45, 7) is 7.85. The highest BCUT2D eigenvalue weighted by atomic mass is 32.2. The normalized spacial score (nSPS) is 34.1. The Labute approximate surface area is 109 Å². The van der Waals surface area contributed by atoms with Crippen molar-refractivity contribution in [2.75, 3.05) is 25.4 Å². The zero-order valence-corrected chi connectivity index (χ0v) is 11.7. The van der Waals surface area contributed by atoms with Crippen LogP contribution in [0.5, 0.6) is 0 Å². The molecule has 2 fully saturated rings. The van der Waals surface area contributed by atoms with Crippen LogP contribution in [0.3, 0.4) is 0 Å². The molecule has 0 aromatic rings. The van der Waals surface area contributed by atoms with E-state index in [1.54, 1.807) is 0 Å². The largest absolute Gasteiger partial charge is 0.411 e. The molecule has 0 unspecified atom stereocenters. The van der Waals surface area contributed by atoms with E-state index in [4.69, 9.17) is 5.21 Å². The van der Waals surface area contributed by atoms with E-state index < -0.39 is 0 Å². The molecule has 2 bridgehead atoms. The van der Waals surface area contributed by atoms with Crippen molar-refractivity contribution in [2.45, 2.75) is 38.4 Å². The summed E-state index contributed by atoms with van der Waals surface area (Å²) in [6, 6.07) is 0. The molecule has 0 amide bonds. The third-order valence-electron chi connectivity index (χ3n) is 4.33. The van der Waals surface area contributed by atoms with Crippen molar-refractivity contribution in [3.05, 3.63) is 0 Å². The van der Waals surface area contributed by atoms with E-state index >= 15 is 0 Å². The van der Waals surface area contributed by atoms with E-state index in [9.17, 15) is 0 Å². The standard InChI is InChI=1S/C13H24N2OS/c1-3-15(4-2)7-8-17-13-11-6-5-10(9-11)12(13)14-16/h10-11,13,16H,3-9H2,1-2H3/b14-12+/t10-,11-,13-/m0/s1. The van der Waals surface area contributed by atoms with Crippen molar-refractivity contribution in [2.24, 2.45) is 17.0 Å². The van der Waals surface area contributed by atoms with Crippen molar-refractivity contribution in [1.29, 1.82) is 0 Å². The van der Waals surface area contributed by atoms with Gasteiger partial charge in [0.25, 0.3) is 0 Å². The Hall–Kier alpha value is -0.220. The first-order valence-electron chi connectivity index (χ1n) is 6.85. The lowest BCUT2D eigenvalue weighted by Crippen LogP contribution is -2.29. The predicted octanol–water partition coefficient (Wildman–Crippen LogP) is 2.69. The van der Waals surface area contributed by atoms with Crippen molar-refractivity contribution >= 4 is 17.5 Å². The lowest BCUT2D eigenvalue weighted by atomic mass is 9.98. The third-order valence-corrected chi connectivity index (χ3v) is 5.73. The first-order chi connectivity index (χ1) is 8.30. The number of oxime groups is 1. The average Bonchev–Trinajstić information content (AvgIpc) is 2.95. The molecule has 4 heteroatoms. The van der Waals surface area contributed by atoms with E-state index in [2.05, 4.69) is 23.9 Å². The summed E-state index contributed by atoms with van der Waals surface area (Å²) in [6.07, 6.45) is 3.85. The second-order valence-electron chi connectivity index (χ2n) is 5.11. The molecule has 98 valence electrons. The molecule has 0 radical (unpaired) electrons. The number of thioether (sulfide) groups is 1. The van der Waals surface area contributed by atoms with E-state index in [1.807, 2.05) is 11.8 Å². The fraction of sp³-hybridized carbons (Fsp3) is 0.923. The van der Waals surface area contributed by atoms with Gasteiger partial charge < -0.3 is 10.1 Å². The minimum atomic E-state index is 0.509. The van der Waals surface area contributed by atoms with Gasteiger partial charge in [-0.1, -0.05) is 19.0 Å². The number of hydrogen-bond donors (Lipinski definition) is 1. The quantitative estimate of drug-likeness (QED) is 0.586. The summed E-state index contributed by atoms with van der Waals surface area (Å²) in [7, 11) is 0. The third kappa shape index (κ3) is 2.79. The van der Waals surface area contributed by atoms with E-state index in [1.165, 1.54) is 19.3 Å². The lowest BCUT2D eigenvalue weighted by molar-refractivity contribution is 0.313.